The number of nitrogens with one attached hydrogen (secondary N) is 1. The molecule has 2 aromatic heterocycles. The van der Waals surface area contributed by atoms with Gasteiger partial charge in [-0.05, 0) is 37.3 Å². The summed E-state index contributed by atoms with van der Waals surface area (Å²) in [5.74, 6) is 0.121. The highest BCUT2D eigenvalue weighted by Crippen LogP contribution is 2.30. The van der Waals surface area contributed by atoms with Crippen LogP contribution in [0.4, 0.5) is 0 Å². The van der Waals surface area contributed by atoms with Gasteiger partial charge in [0.1, 0.15) is 17.2 Å². The highest BCUT2D eigenvalue weighted by Gasteiger charge is 2.23. The summed E-state index contributed by atoms with van der Waals surface area (Å²) in [5.41, 5.74) is 4.33. The zero-order valence-corrected chi connectivity index (χ0v) is 20.5. The van der Waals surface area contributed by atoms with E-state index in [1.807, 2.05) is 90.4 Å². The van der Waals surface area contributed by atoms with Crippen LogP contribution in [-0.4, -0.2) is 48.7 Å². The number of aryl methyl sites for hydroxylation is 1. The maximum absolute atomic E-state index is 12.6. The summed E-state index contributed by atoms with van der Waals surface area (Å²) < 4.78 is 6.88. The number of nitrogens with zero attached hydrogens (tertiary/aromatic N) is 4. The molecule has 5 aromatic rings. The van der Waals surface area contributed by atoms with Crippen molar-refractivity contribution in [2.45, 2.75) is 12.1 Å². The third-order valence-corrected chi connectivity index (χ3v) is 6.51. The van der Waals surface area contributed by atoms with Gasteiger partial charge in [-0.3, -0.25) is 4.57 Å². The number of para-hydroxylation sites is 3. The van der Waals surface area contributed by atoms with E-state index in [4.69, 9.17) is 4.74 Å². The molecule has 0 radical (unpaired) electrons. The average molecular weight is 498 g/mol. The largest absolute Gasteiger partial charge is 0.510 e. The van der Waals surface area contributed by atoms with Crippen LogP contribution < -0.4 is 0 Å². The fourth-order valence-electron chi connectivity index (χ4n) is 3.87. The van der Waals surface area contributed by atoms with E-state index in [0.29, 0.717) is 16.5 Å². The number of H-pyrrole nitrogens is 1. The van der Waals surface area contributed by atoms with Crippen LogP contribution in [0.5, 0.6) is 0 Å². The lowest BCUT2D eigenvalue weighted by Crippen LogP contribution is -2.10. The van der Waals surface area contributed by atoms with Crippen LogP contribution in [0, 0.1) is 6.92 Å². The second-order valence-electron chi connectivity index (χ2n) is 8.05. The van der Waals surface area contributed by atoms with Crippen LogP contribution >= 0.6 is 11.8 Å². The Morgan fingerprint density at radius 1 is 1.03 bits per heavy atom. The first-order valence-corrected chi connectivity index (χ1v) is 12.2. The number of aromatic nitrogens is 5. The molecule has 0 atom stereocenters. The number of rotatable bonds is 7. The van der Waals surface area contributed by atoms with Crippen LogP contribution in [-0.2, 0) is 9.53 Å². The van der Waals surface area contributed by atoms with Crippen molar-refractivity contribution in [3.05, 3.63) is 96.0 Å². The fraction of sp³-hybridized carbons (Fsp3) is 0.111. The van der Waals surface area contributed by atoms with Crippen LogP contribution in [0.25, 0.3) is 33.7 Å². The molecule has 0 saturated carbocycles. The van der Waals surface area contributed by atoms with Gasteiger partial charge in [0.2, 0.25) is 0 Å². The molecule has 2 N–H and O–H groups in total. The third kappa shape index (κ3) is 4.60. The standard InChI is InChI=1S/C27H23N5O3S/c1-17-9-8-10-18(15-17)25-30-31-27(32(25)19-11-4-3-5-12-19)36-16-22(33)23(26(34)35-2)24-28-20-13-6-7-14-21(20)29-24/h3-15,33H,16H2,1-2H3,(H,28,29)/b23-22+. The number of ether oxygens (including phenoxy) is 1. The lowest BCUT2D eigenvalue weighted by atomic mass is 10.1. The van der Waals surface area contributed by atoms with Crippen molar-refractivity contribution in [2.75, 3.05) is 12.9 Å². The van der Waals surface area contributed by atoms with Gasteiger partial charge in [0.15, 0.2) is 11.0 Å². The van der Waals surface area contributed by atoms with Crippen molar-refractivity contribution < 1.29 is 14.6 Å². The number of methoxy groups -OCH3 is 1. The molecule has 8 nitrogen and oxygen atoms in total. The number of benzene rings is 3. The van der Waals surface area contributed by atoms with Crippen LogP contribution in [0.1, 0.15) is 11.4 Å². The minimum absolute atomic E-state index is 0.0223. The summed E-state index contributed by atoms with van der Waals surface area (Å²) >= 11 is 1.26. The molecule has 180 valence electrons. The molecule has 36 heavy (non-hydrogen) atoms. The average Bonchev–Trinajstić information content (AvgIpc) is 3.52. The number of hydrogen-bond acceptors (Lipinski definition) is 7. The van der Waals surface area contributed by atoms with Crippen LogP contribution in [0.15, 0.2) is 89.8 Å². The molecular formula is C27H23N5O3S. The van der Waals surface area contributed by atoms with Crippen molar-refractivity contribution in [3.8, 4) is 17.1 Å². The molecule has 0 aliphatic heterocycles. The molecule has 0 aliphatic rings. The van der Waals surface area contributed by atoms with Crippen molar-refractivity contribution >= 4 is 34.3 Å². The van der Waals surface area contributed by atoms with E-state index in [-0.39, 0.29) is 22.9 Å². The van der Waals surface area contributed by atoms with Gasteiger partial charge in [0, 0.05) is 11.3 Å². The van der Waals surface area contributed by atoms with Gasteiger partial charge >= 0.3 is 5.97 Å². The number of hydrogen-bond donors (Lipinski definition) is 2. The van der Waals surface area contributed by atoms with E-state index in [1.165, 1.54) is 18.9 Å². The van der Waals surface area contributed by atoms with E-state index in [1.54, 1.807) is 0 Å². The van der Waals surface area contributed by atoms with Gasteiger partial charge in [-0.2, -0.15) is 0 Å². The van der Waals surface area contributed by atoms with E-state index >= 15 is 0 Å². The summed E-state index contributed by atoms with van der Waals surface area (Å²) in [5, 5.41) is 20.4. The molecule has 3 aromatic carbocycles. The summed E-state index contributed by atoms with van der Waals surface area (Å²) in [6.07, 6.45) is 0. The number of carbonyl (C=O) groups is 1. The topological polar surface area (TPSA) is 106 Å². The molecule has 0 fully saturated rings. The highest BCUT2D eigenvalue weighted by atomic mass is 32.2. The zero-order chi connectivity index (χ0) is 25.1. The molecule has 0 aliphatic carbocycles. The first-order chi connectivity index (χ1) is 17.5. The molecule has 0 unspecified atom stereocenters. The monoisotopic (exact) mass is 497 g/mol. The molecule has 9 heteroatoms. The normalized spacial score (nSPS) is 11.9. The van der Waals surface area contributed by atoms with E-state index in [0.717, 1.165) is 22.3 Å². The Balaban J connectivity index is 1.53. The summed E-state index contributed by atoms with van der Waals surface area (Å²) in [6.45, 7) is 2.03. The first-order valence-electron chi connectivity index (χ1n) is 11.2. The molecule has 5 rings (SSSR count). The predicted octanol–water partition coefficient (Wildman–Crippen LogP) is 5.35. The molecular weight excluding hydrogens is 474 g/mol. The number of esters is 1. The number of aliphatic hydroxyl groups is 1. The second kappa shape index (κ2) is 10.1. The van der Waals surface area contributed by atoms with Gasteiger partial charge in [-0.15, -0.1) is 10.2 Å². The Morgan fingerprint density at radius 2 is 1.81 bits per heavy atom. The molecule has 0 spiro atoms. The Morgan fingerprint density at radius 3 is 2.56 bits per heavy atom. The lowest BCUT2D eigenvalue weighted by molar-refractivity contribution is -0.133. The second-order valence-corrected chi connectivity index (χ2v) is 8.99. The minimum Gasteiger partial charge on any atom is -0.510 e. The molecule has 0 saturated heterocycles. The Kier molecular flexibility index (Phi) is 6.55. The SMILES string of the molecule is COC(=O)/C(=C(/O)CSc1nnc(-c2cccc(C)c2)n1-c1ccccc1)c1nc2ccccc2[nH]1. The third-order valence-electron chi connectivity index (χ3n) is 5.57. The number of fused-ring (bicyclic) bond motifs is 1. The Hall–Kier alpha value is -4.37. The van der Waals surface area contributed by atoms with Gasteiger partial charge in [-0.1, -0.05) is 65.9 Å². The van der Waals surface area contributed by atoms with E-state index in [9.17, 15) is 9.90 Å². The van der Waals surface area contributed by atoms with Crippen LogP contribution in [0.2, 0.25) is 0 Å². The van der Waals surface area contributed by atoms with Crippen molar-refractivity contribution in [1.29, 1.82) is 0 Å². The first kappa shape index (κ1) is 23.4. The fourth-order valence-corrected chi connectivity index (χ4v) is 4.70. The number of imidazole rings is 1. The van der Waals surface area contributed by atoms with Gasteiger partial charge < -0.3 is 14.8 Å². The van der Waals surface area contributed by atoms with Crippen molar-refractivity contribution in [3.63, 3.8) is 0 Å². The maximum Gasteiger partial charge on any atom is 0.345 e. The van der Waals surface area contributed by atoms with Crippen LogP contribution in [0.3, 0.4) is 0 Å². The van der Waals surface area contributed by atoms with Gasteiger partial charge in [0.25, 0.3) is 0 Å². The smallest absolute Gasteiger partial charge is 0.345 e. The lowest BCUT2D eigenvalue weighted by Gasteiger charge is -2.11. The molecule has 2 heterocycles. The molecule has 0 amide bonds. The highest BCUT2D eigenvalue weighted by molar-refractivity contribution is 7.99. The summed E-state index contributed by atoms with van der Waals surface area (Å²) in [6, 6.07) is 25.2. The number of aliphatic hydroxyl groups excluding tert-OH is 1. The van der Waals surface area contributed by atoms with Crippen molar-refractivity contribution in [1.82, 2.24) is 24.7 Å². The Labute approximate surface area is 211 Å². The predicted molar refractivity (Wildman–Crippen MR) is 140 cm³/mol. The molecule has 0 bridgehead atoms. The quantitative estimate of drug-likeness (QED) is 0.135. The maximum atomic E-state index is 12.6. The van der Waals surface area contributed by atoms with E-state index < -0.39 is 5.97 Å². The van der Waals surface area contributed by atoms with Gasteiger partial charge in [-0.25, -0.2) is 9.78 Å². The van der Waals surface area contributed by atoms with E-state index in [2.05, 4.69) is 20.2 Å². The number of aromatic amines is 1. The number of carbonyl (C=O) groups excluding carboxylic acids is 1. The number of thioether (sulfide) groups is 1. The zero-order valence-electron chi connectivity index (χ0n) is 19.7. The minimum atomic E-state index is -0.683. The summed E-state index contributed by atoms with van der Waals surface area (Å²) in [7, 11) is 1.27. The van der Waals surface area contributed by atoms with Crippen molar-refractivity contribution in [2.24, 2.45) is 0 Å². The Bertz CT molecular complexity index is 1540. The summed E-state index contributed by atoms with van der Waals surface area (Å²) in [4.78, 5) is 20.2. The van der Waals surface area contributed by atoms with Gasteiger partial charge in [0.05, 0.1) is 23.9 Å².